The molecule has 0 N–H and O–H groups in total. The molecule has 24 heavy (non-hydrogen) atoms. The van der Waals surface area contributed by atoms with E-state index in [1.165, 1.54) is 4.90 Å². The zero-order valence-electron chi connectivity index (χ0n) is 14.0. The third-order valence-electron chi connectivity index (χ3n) is 4.80. The summed E-state index contributed by atoms with van der Waals surface area (Å²) in [4.78, 5) is 41.4. The molecule has 0 aliphatic carbocycles. The molecular formula is C18H23N3O3. The second kappa shape index (κ2) is 7.13. The largest absolute Gasteiger partial charge is 0.336 e. The average Bonchev–Trinajstić information content (AvgIpc) is 2.94. The van der Waals surface area contributed by atoms with Gasteiger partial charge in [0, 0.05) is 44.6 Å². The molecule has 2 aliphatic rings. The van der Waals surface area contributed by atoms with E-state index in [2.05, 4.69) is 11.8 Å². The van der Waals surface area contributed by atoms with Crippen molar-refractivity contribution >= 4 is 17.7 Å². The molecule has 0 aromatic heterocycles. The molecule has 6 heteroatoms. The number of carbonyl (C=O) groups is 3. The molecular weight excluding hydrogens is 306 g/mol. The molecule has 0 radical (unpaired) electrons. The first kappa shape index (κ1) is 16.6. The standard InChI is InChI=1S/C18H23N3O3/c1-2-19-9-11-20(12-10-19)18(24)15-5-3-14(4-6-15)13-21-16(22)7-8-17(21)23/h3-6H,2,7-13H2,1H3. The van der Waals surface area contributed by atoms with Gasteiger partial charge in [0.05, 0.1) is 6.54 Å². The van der Waals surface area contributed by atoms with E-state index in [0.29, 0.717) is 24.9 Å². The molecule has 0 atom stereocenters. The van der Waals surface area contributed by atoms with Gasteiger partial charge in [0.1, 0.15) is 0 Å². The van der Waals surface area contributed by atoms with Gasteiger partial charge < -0.3 is 9.80 Å². The van der Waals surface area contributed by atoms with Gasteiger partial charge in [0.25, 0.3) is 5.91 Å². The summed E-state index contributed by atoms with van der Waals surface area (Å²) in [7, 11) is 0. The normalized spacial score (nSPS) is 19.2. The van der Waals surface area contributed by atoms with E-state index in [4.69, 9.17) is 0 Å². The van der Waals surface area contributed by atoms with E-state index in [0.717, 1.165) is 38.3 Å². The van der Waals surface area contributed by atoms with Crippen LogP contribution in [-0.4, -0.2) is 65.1 Å². The SMILES string of the molecule is CCN1CCN(C(=O)c2ccc(CN3C(=O)CCC3=O)cc2)CC1. The summed E-state index contributed by atoms with van der Waals surface area (Å²) in [6.07, 6.45) is 0.609. The molecule has 0 spiro atoms. The lowest BCUT2D eigenvalue weighted by molar-refractivity contribution is -0.139. The van der Waals surface area contributed by atoms with Crippen LogP contribution in [0.2, 0.25) is 0 Å². The number of piperazine rings is 1. The van der Waals surface area contributed by atoms with Gasteiger partial charge in [0.15, 0.2) is 0 Å². The fourth-order valence-electron chi connectivity index (χ4n) is 3.18. The number of nitrogens with zero attached hydrogens (tertiary/aromatic N) is 3. The topological polar surface area (TPSA) is 60.9 Å². The van der Waals surface area contributed by atoms with Crippen molar-refractivity contribution in [2.45, 2.75) is 26.3 Å². The van der Waals surface area contributed by atoms with Gasteiger partial charge in [-0.25, -0.2) is 0 Å². The van der Waals surface area contributed by atoms with Crippen molar-refractivity contribution in [2.24, 2.45) is 0 Å². The number of hydrogen-bond donors (Lipinski definition) is 0. The van der Waals surface area contributed by atoms with Crippen LogP contribution < -0.4 is 0 Å². The van der Waals surface area contributed by atoms with Crippen LogP contribution in [0.15, 0.2) is 24.3 Å². The van der Waals surface area contributed by atoms with Crippen molar-refractivity contribution in [3.05, 3.63) is 35.4 Å². The van der Waals surface area contributed by atoms with Crippen molar-refractivity contribution in [1.29, 1.82) is 0 Å². The fourth-order valence-corrected chi connectivity index (χ4v) is 3.18. The predicted molar refractivity (Wildman–Crippen MR) is 89.3 cm³/mol. The van der Waals surface area contributed by atoms with Crippen molar-refractivity contribution in [3.63, 3.8) is 0 Å². The van der Waals surface area contributed by atoms with E-state index in [9.17, 15) is 14.4 Å². The Balaban J connectivity index is 1.61. The minimum atomic E-state index is -0.117. The van der Waals surface area contributed by atoms with Crippen molar-refractivity contribution in [1.82, 2.24) is 14.7 Å². The second-order valence-electron chi connectivity index (χ2n) is 6.30. The fraction of sp³-hybridized carbons (Fsp3) is 0.500. The number of imide groups is 1. The summed E-state index contributed by atoms with van der Waals surface area (Å²) < 4.78 is 0. The zero-order chi connectivity index (χ0) is 17.1. The Morgan fingerprint density at radius 1 is 0.958 bits per heavy atom. The van der Waals surface area contributed by atoms with Gasteiger partial charge in [-0.1, -0.05) is 19.1 Å². The number of rotatable bonds is 4. The summed E-state index contributed by atoms with van der Waals surface area (Å²) >= 11 is 0. The van der Waals surface area contributed by atoms with Crippen molar-refractivity contribution < 1.29 is 14.4 Å². The smallest absolute Gasteiger partial charge is 0.253 e. The molecule has 3 amide bonds. The zero-order valence-corrected chi connectivity index (χ0v) is 14.0. The number of hydrogen-bond acceptors (Lipinski definition) is 4. The lowest BCUT2D eigenvalue weighted by atomic mass is 10.1. The Morgan fingerprint density at radius 2 is 1.54 bits per heavy atom. The average molecular weight is 329 g/mol. The molecule has 3 rings (SSSR count). The minimum Gasteiger partial charge on any atom is -0.336 e. The molecule has 1 aromatic carbocycles. The highest BCUT2D eigenvalue weighted by Crippen LogP contribution is 2.17. The lowest BCUT2D eigenvalue weighted by Gasteiger charge is -2.34. The summed E-state index contributed by atoms with van der Waals surface area (Å²) in [6.45, 7) is 6.79. The van der Waals surface area contributed by atoms with Gasteiger partial charge in [-0.15, -0.1) is 0 Å². The molecule has 2 saturated heterocycles. The van der Waals surface area contributed by atoms with Crippen molar-refractivity contribution in [3.8, 4) is 0 Å². The van der Waals surface area contributed by atoms with Gasteiger partial charge in [-0.2, -0.15) is 0 Å². The Kier molecular flexibility index (Phi) is 4.94. The van der Waals surface area contributed by atoms with E-state index in [1.54, 1.807) is 12.1 Å². The van der Waals surface area contributed by atoms with Crippen LogP contribution in [0, 0.1) is 0 Å². The van der Waals surface area contributed by atoms with Crippen LogP contribution in [0.5, 0.6) is 0 Å². The molecule has 0 bridgehead atoms. The van der Waals surface area contributed by atoms with E-state index in [1.807, 2.05) is 17.0 Å². The summed E-state index contributed by atoms with van der Waals surface area (Å²) in [5, 5.41) is 0. The minimum absolute atomic E-state index is 0.0469. The molecule has 2 heterocycles. The lowest BCUT2D eigenvalue weighted by Crippen LogP contribution is -2.48. The molecule has 128 valence electrons. The van der Waals surface area contributed by atoms with Crippen LogP contribution in [0.3, 0.4) is 0 Å². The predicted octanol–water partition coefficient (Wildman–Crippen LogP) is 1.11. The number of benzene rings is 1. The van der Waals surface area contributed by atoms with Crippen LogP contribution in [0.1, 0.15) is 35.7 Å². The maximum absolute atomic E-state index is 12.5. The number of likely N-dealkylation sites (N-methyl/N-ethyl adjacent to an activating group) is 1. The summed E-state index contributed by atoms with van der Waals surface area (Å²) in [6, 6.07) is 7.23. The first-order valence-corrected chi connectivity index (χ1v) is 8.52. The number of amides is 3. The van der Waals surface area contributed by atoms with Gasteiger partial charge in [0.2, 0.25) is 11.8 Å². The van der Waals surface area contributed by atoms with Gasteiger partial charge in [-0.05, 0) is 24.2 Å². The molecule has 1 aromatic rings. The molecule has 0 unspecified atom stereocenters. The van der Waals surface area contributed by atoms with Crippen LogP contribution in [-0.2, 0) is 16.1 Å². The van der Waals surface area contributed by atoms with Crippen LogP contribution >= 0.6 is 0 Å². The van der Waals surface area contributed by atoms with E-state index in [-0.39, 0.29) is 17.7 Å². The summed E-state index contributed by atoms with van der Waals surface area (Å²) in [5.74, 6) is -0.187. The highest BCUT2D eigenvalue weighted by molar-refractivity contribution is 6.01. The van der Waals surface area contributed by atoms with E-state index < -0.39 is 0 Å². The maximum Gasteiger partial charge on any atom is 0.253 e. The molecule has 0 saturated carbocycles. The third kappa shape index (κ3) is 3.48. The molecule has 2 aliphatic heterocycles. The monoisotopic (exact) mass is 329 g/mol. The maximum atomic E-state index is 12.5. The first-order valence-electron chi connectivity index (χ1n) is 8.52. The number of likely N-dealkylation sites (tertiary alicyclic amines) is 1. The first-order chi connectivity index (χ1) is 11.6. The van der Waals surface area contributed by atoms with Crippen LogP contribution in [0.25, 0.3) is 0 Å². The summed E-state index contributed by atoms with van der Waals surface area (Å²) in [5.41, 5.74) is 1.52. The van der Waals surface area contributed by atoms with Crippen LogP contribution in [0.4, 0.5) is 0 Å². The quantitative estimate of drug-likeness (QED) is 0.777. The highest BCUT2D eigenvalue weighted by Gasteiger charge is 2.28. The Bertz CT molecular complexity index is 617. The number of carbonyl (C=O) groups excluding carboxylic acids is 3. The molecule has 2 fully saturated rings. The molecule has 6 nitrogen and oxygen atoms in total. The highest BCUT2D eigenvalue weighted by atomic mass is 16.2. The second-order valence-corrected chi connectivity index (χ2v) is 6.30. The Labute approximate surface area is 142 Å². The van der Waals surface area contributed by atoms with E-state index >= 15 is 0 Å². The Morgan fingerprint density at radius 3 is 2.08 bits per heavy atom. The van der Waals surface area contributed by atoms with Crippen molar-refractivity contribution in [2.75, 3.05) is 32.7 Å². The van der Waals surface area contributed by atoms with Gasteiger partial charge in [-0.3, -0.25) is 19.3 Å². The van der Waals surface area contributed by atoms with Gasteiger partial charge >= 0.3 is 0 Å². The Hall–Kier alpha value is -2.21. The third-order valence-corrected chi connectivity index (χ3v) is 4.80.